The molecule has 5 rings (SSSR count). The SMILES string of the molecule is O=C(CCCC1CCN(Cc2ccccc2)CC1)c1ccc(Nc2ncnc3c2CCC3)cc1. The number of aromatic nitrogens is 2. The Balaban J connectivity index is 1.04. The van der Waals surface area contributed by atoms with E-state index in [1.54, 1.807) is 6.33 Å². The number of likely N-dealkylation sites (tertiary alicyclic amines) is 1. The molecule has 1 aliphatic heterocycles. The van der Waals surface area contributed by atoms with Crippen LogP contribution in [0.2, 0.25) is 0 Å². The lowest BCUT2D eigenvalue weighted by Crippen LogP contribution is -2.33. The van der Waals surface area contributed by atoms with Gasteiger partial charge in [0.15, 0.2) is 5.78 Å². The minimum absolute atomic E-state index is 0.246. The summed E-state index contributed by atoms with van der Waals surface area (Å²) in [5.41, 5.74) is 5.55. The second-order valence-corrected chi connectivity index (χ2v) is 9.72. The van der Waals surface area contributed by atoms with Crippen LogP contribution in [-0.2, 0) is 19.4 Å². The van der Waals surface area contributed by atoms with Gasteiger partial charge >= 0.3 is 0 Å². The normalized spacial score (nSPS) is 16.4. The van der Waals surface area contributed by atoms with Gasteiger partial charge in [0.2, 0.25) is 0 Å². The lowest BCUT2D eigenvalue weighted by Gasteiger charge is -2.32. The Morgan fingerprint density at radius 1 is 0.971 bits per heavy atom. The highest BCUT2D eigenvalue weighted by Crippen LogP contribution is 2.28. The van der Waals surface area contributed by atoms with Crippen LogP contribution < -0.4 is 5.32 Å². The number of rotatable bonds is 9. The highest BCUT2D eigenvalue weighted by atomic mass is 16.1. The molecule has 34 heavy (non-hydrogen) atoms. The molecule has 1 N–H and O–H groups in total. The zero-order valence-corrected chi connectivity index (χ0v) is 19.9. The predicted octanol–water partition coefficient (Wildman–Crippen LogP) is 5.97. The minimum Gasteiger partial charge on any atom is -0.340 e. The number of benzene rings is 2. The zero-order valence-electron chi connectivity index (χ0n) is 19.9. The number of carbonyl (C=O) groups excluding carboxylic acids is 1. The van der Waals surface area contributed by atoms with Crippen molar-refractivity contribution >= 4 is 17.3 Å². The van der Waals surface area contributed by atoms with Gasteiger partial charge in [0.05, 0.1) is 0 Å². The van der Waals surface area contributed by atoms with Crippen LogP contribution in [-0.4, -0.2) is 33.7 Å². The number of Topliss-reactive ketones (excluding diaryl/α,β-unsaturated/α-hetero) is 1. The number of piperidine rings is 1. The van der Waals surface area contributed by atoms with Gasteiger partial charge in [-0.1, -0.05) is 30.3 Å². The third kappa shape index (κ3) is 5.71. The average molecular weight is 455 g/mol. The first kappa shape index (κ1) is 22.7. The van der Waals surface area contributed by atoms with E-state index in [-0.39, 0.29) is 5.78 Å². The molecule has 0 bridgehead atoms. The number of nitrogens with zero attached hydrogens (tertiary/aromatic N) is 3. The van der Waals surface area contributed by atoms with Gasteiger partial charge in [0, 0.05) is 35.5 Å². The summed E-state index contributed by atoms with van der Waals surface area (Å²) in [5, 5.41) is 3.41. The largest absolute Gasteiger partial charge is 0.340 e. The number of hydrogen-bond acceptors (Lipinski definition) is 5. The van der Waals surface area contributed by atoms with Crippen molar-refractivity contribution in [1.82, 2.24) is 14.9 Å². The summed E-state index contributed by atoms with van der Waals surface area (Å²) in [7, 11) is 0. The van der Waals surface area contributed by atoms with Gasteiger partial charge in [-0.3, -0.25) is 9.69 Å². The molecule has 5 nitrogen and oxygen atoms in total. The first-order chi connectivity index (χ1) is 16.7. The molecule has 2 aliphatic rings. The third-order valence-electron chi connectivity index (χ3n) is 7.32. The monoisotopic (exact) mass is 454 g/mol. The molecule has 1 aliphatic carbocycles. The summed E-state index contributed by atoms with van der Waals surface area (Å²) < 4.78 is 0. The number of anilines is 2. The van der Waals surface area contributed by atoms with Gasteiger partial charge in [-0.2, -0.15) is 0 Å². The van der Waals surface area contributed by atoms with Crippen molar-refractivity contribution in [2.75, 3.05) is 18.4 Å². The summed E-state index contributed by atoms with van der Waals surface area (Å²) in [6.07, 6.45) is 10.1. The van der Waals surface area contributed by atoms with E-state index in [4.69, 9.17) is 0 Å². The Kier molecular flexibility index (Phi) is 7.30. The van der Waals surface area contributed by atoms with Crippen molar-refractivity contribution in [3.63, 3.8) is 0 Å². The molecular weight excluding hydrogens is 420 g/mol. The van der Waals surface area contributed by atoms with Crippen molar-refractivity contribution in [2.45, 2.75) is 57.9 Å². The molecule has 3 aromatic rings. The lowest BCUT2D eigenvalue weighted by molar-refractivity contribution is 0.0974. The van der Waals surface area contributed by atoms with Crippen LogP contribution in [0.15, 0.2) is 60.9 Å². The Morgan fingerprint density at radius 2 is 1.76 bits per heavy atom. The highest BCUT2D eigenvalue weighted by molar-refractivity contribution is 5.96. The maximum absolute atomic E-state index is 12.7. The van der Waals surface area contributed by atoms with Crippen LogP contribution in [0.1, 0.15) is 65.7 Å². The van der Waals surface area contributed by atoms with Crippen molar-refractivity contribution in [3.05, 3.63) is 83.3 Å². The van der Waals surface area contributed by atoms with E-state index in [0.717, 1.165) is 80.4 Å². The maximum atomic E-state index is 12.7. The van der Waals surface area contributed by atoms with E-state index >= 15 is 0 Å². The number of carbonyl (C=O) groups is 1. The molecule has 0 amide bonds. The number of fused-ring (bicyclic) bond motifs is 1. The summed E-state index contributed by atoms with van der Waals surface area (Å²) in [6.45, 7) is 3.38. The Hall–Kier alpha value is -3.05. The molecule has 2 heterocycles. The number of ketones is 1. The second kappa shape index (κ2) is 10.9. The smallest absolute Gasteiger partial charge is 0.162 e. The van der Waals surface area contributed by atoms with E-state index in [1.165, 1.54) is 24.0 Å². The van der Waals surface area contributed by atoms with Crippen molar-refractivity contribution in [3.8, 4) is 0 Å². The molecule has 1 aromatic heterocycles. The molecule has 0 saturated carbocycles. The van der Waals surface area contributed by atoms with Crippen LogP contribution in [0, 0.1) is 5.92 Å². The van der Waals surface area contributed by atoms with Crippen LogP contribution >= 0.6 is 0 Å². The molecule has 0 radical (unpaired) electrons. The van der Waals surface area contributed by atoms with E-state index in [1.807, 2.05) is 24.3 Å². The van der Waals surface area contributed by atoms with Gasteiger partial charge in [-0.15, -0.1) is 0 Å². The number of nitrogens with one attached hydrogen (secondary N) is 1. The molecule has 0 spiro atoms. The molecule has 0 unspecified atom stereocenters. The van der Waals surface area contributed by atoms with Gasteiger partial charge < -0.3 is 5.32 Å². The fraction of sp³-hybridized carbons (Fsp3) is 0.414. The Bertz CT molecular complexity index is 1090. The van der Waals surface area contributed by atoms with E-state index in [2.05, 4.69) is 50.5 Å². The minimum atomic E-state index is 0.246. The second-order valence-electron chi connectivity index (χ2n) is 9.72. The molecule has 5 heteroatoms. The first-order valence-corrected chi connectivity index (χ1v) is 12.7. The Morgan fingerprint density at radius 3 is 2.56 bits per heavy atom. The number of hydrogen-bond donors (Lipinski definition) is 1. The maximum Gasteiger partial charge on any atom is 0.162 e. The zero-order chi connectivity index (χ0) is 23.2. The molecule has 2 aromatic carbocycles. The van der Waals surface area contributed by atoms with Crippen molar-refractivity contribution in [2.24, 2.45) is 5.92 Å². The van der Waals surface area contributed by atoms with Gasteiger partial charge in [-0.25, -0.2) is 9.97 Å². The van der Waals surface area contributed by atoms with Crippen LogP contribution in [0.5, 0.6) is 0 Å². The van der Waals surface area contributed by atoms with E-state index < -0.39 is 0 Å². The van der Waals surface area contributed by atoms with Gasteiger partial charge in [0.1, 0.15) is 12.1 Å². The van der Waals surface area contributed by atoms with E-state index in [9.17, 15) is 4.79 Å². The quantitative estimate of drug-likeness (QED) is 0.404. The predicted molar refractivity (Wildman–Crippen MR) is 136 cm³/mol. The average Bonchev–Trinajstić information content (AvgIpc) is 3.36. The summed E-state index contributed by atoms with van der Waals surface area (Å²) in [4.78, 5) is 24.1. The van der Waals surface area contributed by atoms with Gasteiger partial charge in [-0.05, 0) is 93.8 Å². The van der Waals surface area contributed by atoms with Crippen LogP contribution in [0.3, 0.4) is 0 Å². The van der Waals surface area contributed by atoms with Gasteiger partial charge in [0.25, 0.3) is 0 Å². The fourth-order valence-electron chi connectivity index (χ4n) is 5.31. The topological polar surface area (TPSA) is 58.1 Å². The molecule has 1 fully saturated rings. The highest BCUT2D eigenvalue weighted by Gasteiger charge is 2.20. The third-order valence-corrected chi connectivity index (χ3v) is 7.32. The molecule has 176 valence electrons. The first-order valence-electron chi connectivity index (χ1n) is 12.7. The van der Waals surface area contributed by atoms with Crippen molar-refractivity contribution < 1.29 is 4.79 Å². The number of aryl methyl sites for hydroxylation is 1. The Labute approximate surface area is 202 Å². The summed E-state index contributed by atoms with van der Waals surface area (Å²) in [6, 6.07) is 18.6. The molecule has 1 saturated heterocycles. The van der Waals surface area contributed by atoms with E-state index in [0.29, 0.717) is 6.42 Å². The van der Waals surface area contributed by atoms with Crippen molar-refractivity contribution in [1.29, 1.82) is 0 Å². The summed E-state index contributed by atoms with van der Waals surface area (Å²) in [5.74, 6) is 1.90. The van der Waals surface area contributed by atoms with Crippen LogP contribution in [0.4, 0.5) is 11.5 Å². The van der Waals surface area contributed by atoms with Crippen LogP contribution in [0.25, 0.3) is 0 Å². The standard InChI is InChI=1S/C29H34N4O/c34-28(11-4-8-22-16-18-33(19-17-22)20-23-6-2-1-3-7-23)24-12-14-25(15-13-24)32-29-26-9-5-10-27(26)30-21-31-29/h1-3,6-7,12-15,21-22H,4-5,8-11,16-20H2,(H,30,31,32). The molecular formula is C29H34N4O. The fourth-order valence-corrected chi connectivity index (χ4v) is 5.31. The summed E-state index contributed by atoms with van der Waals surface area (Å²) >= 11 is 0. The lowest BCUT2D eigenvalue weighted by atomic mass is 9.90. The molecule has 0 atom stereocenters.